The van der Waals surface area contributed by atoms with Crippen LogP contribution in [0.15, 0.2) is 0 Å². The average Bonchev–Trinajstić information content (AvgIpc) is 1.98. The lowest BCUT2D eigenvalue weighted by atomic mass is 10.5. The van der Waals surface area contributed by atoms with Gasteiger partial charge in [0, 0.05) is 0 Å². The van der Waals surface area contributed by atoms with E-state index in [-0.39, 0.29) is 0 Å². The highest BCUT2D eigenvalue weighted by Crippen LogP contribution is 2.13. The second-order valence-electron chi connectivity index (χ2n) is 2.46. The van der Waals surface area contributed by atoms with Crippen LogP contribution in [0, 0.1) is 0 Å². The first-order valence-electron chi connectivity index (χ1n) is 3.34. The average molecular weight is 235 g/mol. The summed E-state index contributed by atoms with van der Waals surface area (Å²) in [6, 6.07) is 0. The molecule has 0 aliphatic heterocycles. The molecule has 0 rings (SSSR count). The zero-order chi connectivity index (χ0) is 11.6. The van der Waals surface area contributed by atoms with Gasteiger partial charge in [-0.15, -0.1) is 0 Å². The van der Waals surface area contributed by atoms with E-state index in [0.29, 0.717) is 0 Å². The smallest absolute Gasteiger partial charge is 0.402 e. The SMILES string of the molecule is CC(C(=O)O)S(=O)(=O)NCC(F)(F)F. The third-order valence-electron chi connectivity index (χ3n) is 1.29. The van der Waals surface area contributed by atoms with E-state index in [1.807, 2.05) is 0 Å². The quantitative estimate of drug-likeness (QED) is 0.715. The van der Waals surface area contributed by atoms with Crippen molar-refractivity contribution in [1.82, 2.24) is 4.72 Å². The first-order chi connectivity index (χ1) is 6.06. The van der Waals surface area contributed by atoms with E-state index in [0.717, 1.165) is 11.6 Å². The second-order valence-corrected chi connectivity index (χ2v) is 4.55. The molecule has 0 radical (unpaired) electrons. The molecule has 0 aromatic rings. The van der Waals surface area contributed by atoms with Gasteiger partial charge < -0.3 is 5.11 Å². The maximum absolute atomic E-state index is 11.6. The normalized spacial score (nSPS) is 15.1. The lowest BCUT2D eigenvalue weighted by Crippen LogP contribution is -2.41. The third kappa shape index (κ3) is 4.42. The molecule has 9 heteroatoms. The predicted octanol–water partition coefficient (Wildman–Crippen LogP) is -0.0588. The van der Waals surface area contributed by atoms with Crippen LogP contribution in [0.4, 0.5) is 13.2 Å². The van der Waals surface area contributed by atoms with Crippen molar-refractivity contribution in [2.45, 2.75) is 18.3 Å². The number of carboxylic acids is 1. The van der Waals surface area contributed by atoms with Crippen molar-refractivity contribution in [3.63, 3.8) is 0 Å². The van der Waals surface area contributed by atoms with Gasteiger partial charge in [0.2, 0.25) is 10.0 Å². The number of alkyl halides is 3. The monoisotopic (exact) mass is 235 g/mol. The number of aliphatic carboxylic acids is 1. The molecule has 0 bridgehead atoms. The second kappa shape index (κ2) is 4.13. The van der Waals surface area contributed by atoms with Gasteiger partial charge in [-0.25, -0.2) is 13.1 Å². The minimum atomic E-state index is -4.70. The Morgan fingerprint density at radius 3 is 2.21 bits per heavy atom. The molecule has 14 heavy (non-hydrogen) atoms. The Morgan fingerprint density at radius 1 is 1.50 bits per heavy atom. The van der Waals surface area contributed by atoms with E-state index in [4.69, 9.17) is 5.11 Å². The molecule has 0 fully saturated rings. The third-order valence-corrected chi connectivity index (χ3v) is 2.97. The molecular formula is C5H8F3NO4S. The highest BCUT2D eigenvalue weighted by Gasteiger charge is 2.33. The predicted molar refractivity (Wildman–Crippen MR) is 40.1 cm³/mol. The number of hydrogen-bond donors (Lipinski definition) is 2. The van der Waals surface area contributed by atoms with Crippen molar-refractivity contribution in [2.24, 2.45) is 0 Å². The van der Waals surface area contributed by atoms with Gasteiger partial charge in [0.05, 0.1) is 0 Å². The number of sulfonamides is 1. The van der Waals surface area contributed by atoms with E-state index < -0.39 is 34.0 Å². The van der Waals surface area contributed by atoms with Gasteiger partial charge in [0.15, 0.2) is 5.25 Å². The molecule has 0 aromatic carbocycles. The van der Waals surface area contributed by atoms with Gasteiger partial charge in [-0.3, -0.25) is 4.79 Å². The fourth-order valence-corrected chi connectivity index (χ4v) is 1.32. The molecule has 0 saturated carbocycles. The minimum Gasteiger partial charge on any atom is -0.480 e. The summed E-state index contributed by atoms with van der Waals surface area (Å²) in [5, 5.41) is 6.33. The van der Waals surface area contributed by atoms with E-state index >= 15 is 0 Å². The Kier molecular flexibility index (Phi) is 3.89. The molecule has 5 nitrogen and oxygen atoms in total. The lowest BCUT2D eigenvalue weighted by molar-refractivity contribution is -0.136. The number of nitrogens with one attached hydrogen (secondary N) is 1. The largest absolute Gasteiger partial charge is 0.480 e. The summed E-state index contributed by atoms with van der Waals surface area (Å²) in [6.07, 6.45) is -4.70. The van der Waals surface area contributed by atoms with Crippen molar-refractivity contribution in [3.05, 3.63) is 0 Å². The van der Waals surface area contributed by atoms with Crippen molar-refractivity contribution in [1.29, 1.82) is 0 Å². The molecule has 2 N–H and O–H groups in total. The van der Waals surface area contributed by atoms with Crippen LogP contribution in [-0.4, -0.2) is 37.5 Å². The molecule has 0 aromatic heterocycles. The first kappa shape index (κ1) is 13.2. The zero-order valence-corrected chi connectivity index (χ0v) is 7.82. The fraction of sp³-hybridized carbons (Fsp3) is 0.800. The van der Waals surface area contributed by atoms with Crippen LogP contribution < -0.4 is 4.72 Å². The summed E-state index contributed by atoms with van der Waals surface area (Å²) in [5.74, 6) is -1.71. The zero-order valence-electron chi connectivity index (χ0n) is 7.00. The highest BCUT2D eigenvalue weighted by molar-refractivity contribution is 7.90. The van der Waals surface area contributed by atoms with Crippen LogP contribution in [0.5, 0.6) is 0 Å². The maximum atomic E-state index is 11.6. The Bertz CT molecular complexity index is 309. The van der Waals surface area contributed by atoms with Crippen molar-refractivity contribution in [2.75, 3.05) is 6.54 Å². The van der Waals surface area contributed by atoms with Gasteiger partial charge in [0.25, 0.3) is 0 Å². The van der Waals surface area contributed by atoms with Crippen LogP contribution >= 0.6 is 0 Å². The van der Waals surface area contributed by atoms with Crippen LogP contribution in [0.1, 0.15) is 6.92 Å². The summed E-state index contributed by atoms with van der Waals surface area (Å²) in [7, 11) is -4.46. The van der Waals surface area contributed by atoms with Gasteiger partial charge in [0.1, 0.15) is 6.54 Å². The van der Waals surface area contributed by atoms with Crippen LogP contribution in [0.2, 0.25) is 0 Å². The minimum absolute atomic E-state index is 0.779. The molecule has 84 valence electrons. The van der Waals surface area contributed by atoms with Gasteiger partial charge in [-0.2, -0.15) is 13.2 Å². The maximum Gasteiger partial charge on any atom is 0.402 e. The van der Waals surface area contributed by atoms with Crippen molar-refractivity contribution >= 4 is 16.0 Å². The van der Waals surface area contributed by atoms with Crippen LogP contribution in [0.25, 0.3) is 0 Å². The highest BCUT2D eigenvalue weighted by atomic mass is 32.2. The summed E-state index contributed by atoms with van der Waals surface area (Å²) in [4.78, 5) is 10.2. The first-order valence-corrected chi connectivity index (χ1v) is 4.89. The van der Waals surface area contributed by atoms with E-state index in [1.54, 1.807) is 0 Å². The van der Waals surface area contributed by atoms with E-state index in [9.17, 15) is 26.4 Å². The number of hydrogen-bond acceptors (Lipinski definition) is 3. The summed E-state index contributed by atoms with van der Waals surface area (Å²) >= 11 is 0. The standard InChI is InChI=1S/C5H8F3NO4S/c1-3(4(10)11)14(12,13)9-2-5(6,7)8/h3,9H,2H2,1H3,(H,10,11). The molecule has 1 unspecified atom stereocenters. The number of halogens is 3. The molecule has 0 heterocycles. The lowest BCUT2D eigenvalue weighted by Gasteiger charge is -2.11. The van der Waals surface area contributed by atoms with Crippen molar-refractivity contribution in [3.8, 4) is 0 Å². The van der Waals surface area contributed by atoms with Crippen LogP contribution in [0.3, 0.4) is 0 Å². The molecule has 0 saturated heterocycles. The summed E-state index contributed by atoms with van der Waals surface area (Å²) in [5.41, 5.74) is 0. The molecule has 0 aliphatic rings. The van der Waals surface area contributed by atoms with Gasteiger partial charge in [-0.1, -0.05) is 0 Å². The number of carboxylic acid groups (broad SMARTS) is 1. The molecule has 0 aliphatic carbocycles. The van der Waals surface area contributed by atoms with Crippen molar-refractivity contribution < 1.29 is 31.5 Å². The molecule has 0 amide bonds. The van der Waals surface area contributed by atoms with Crippen LogP contribution in [-0.2, 0) is 14.8 Å². The summed E-state index contributed by atoms with van der Waals surface area (Å²) < 4.78 is 57.5. The molecular weight excluding hydrogens is 227 g/mol. The topological polar surface area (TPSA) is 83.5 Å². The number of rotatable bonds is 4. The van der Waals surface area contributed by atoms with E-state index in [1.165, 1.54) is 0 Å². The fourth-order valence-electron chi connectivity index (χ4n) is 0.440. The summed E-state index contributed by atoms with van der Waals surface area (Å²) in [6.45, 7) is -0.992. The molecule has 1 atom stereocenters. The Balaban J connectivity index is 4.45. The van der Waals surface area contributed by atoms with Gasteiger partial charge >= 0.3 is 12.1 Å². The number of carbonyl (C=O) groups is 1. The molecule has 0 spiro atoms. The Labute approximate surface area is 78.0 Å². The Hall–Kier alpha value is -0.830. The Morgan fingerprint density at radius 2 is 1.93 bits per heavy atom. The van der Waals surface area contributed by atoms with E-state index in [2.05, 4.69) is 0 Å². The van der Waals surface area contributed by atoms with Gasteiger partial charge in [-0.05, 0) is 6.92 Å².